The van der Waals surface area contributed by atoms with Crippen molar-refractivity contribution in [1.82, 2.24) is 4.98 Å². The van der Waals surface area contributed by atoms with Gasteiger partial charge in [0.1, 0.15) is 17.2 Å². The summed E-state index contributed by atoms with van der Waals surface area (Å²) in [7, 11) is 0. The minimum Gasteiger partial charge on any atom is -0.444 e. The van der Waals surface area contributed by atoms with Gasteiger partial charge < -0.3 is 10.5 Å². The number of benzene rings is 1. The lowest BCUT2D eigenvalue weighted by atomic mass is 9.95. The summed E-state index contributed by atoms with van der Waals surface area (Å²) in [5.41, 5.74) is 7.51. The van der Waals surface area contributed by atoms with Gasteiger partial charge in [-0.3, -0.25) is 5.32 Å². The van der Waals surface area contributed by atoms with Crippen molar-refractivity contribution in [2.75, 3.05) is 5.32 Å². The molecule has 0 aliphatic carbocycles. The van der Waals surface area contributed by atoms with Gasteiger partial charge in [0.2, 0.25) is 0 Å². The molecule has 0 aliphatic heterocycles. The van der Waals surface area contributed by atoms with Crippen LogP contribution in [-0.2, 0) is 4.74 Å². The summed E-state index contributed by atoms with van der Waals surface area (Å²) in [5, 5.41) is 2.62. The molecule has 1 heterocycles. The molecule has 1 aromatic heterocycles. The van der Waals surface area contributed by atoms with Crippen LogP contribution in [0.3, 0.4) is 0 Å². The Morgan fingerprint density at radius 2 is 1.92 bits per heavy atom. The topological polar surface area (TPSA) is 77.2 Å². The Balaban J connectivity index is 2.28. The lowest BCUT2D eigenvalue weighted by Crippen LogP contribution is -2.28. The van der Waals surface area contributed by atoms with E-state index in [1.807, 2.05) is 13.8 Å². The molecule has 0 aliphatic rings. The van der Waals surface area contributed by atoms with Crippen LogP contribution in [0.1, 0.15) is 63.3 Å². The molecule has 1 atom stereocenters. The molecular formula is C20H26FN3O2. The zero-order valence-electron chi connectivity index (χ0n) is 15.8. The first-order valence-electron chi connectivity index (χ1n) is 8.58. The highest BCUT2D eigenvalue weighted by Gasteiger charge is 2.21. The number of hydrogen-bond acceptors (Lipinski definition) is 4. The molecular weight excluding hydrogens is 333 g/mol. The molecule has 2 rings (SSSR count). The van der Waals surface area contributed by atoms with Gasteiger partial charge in [-0.1, -0.05) is 32.0 Å². The Kier molecular flexibility index (Phi) is 5.97. The summed E-state index contributed by atoms with van der Waals surface area (Å²) >= 11 is 0. The number of nitrogens with zero attached hydrogens (tertiary/aromatic N) is 1. The van der Waals surface area contributed by atoms with Crippen LogP contribution in [0, 0.1) is 5.82 Å². The molecule has 1 aromatic carbocycles. The Labute approximate surface area is 153 Å². The zero-order valence-corrected chi connectivity index (χ0v) is 15.8. The van der Waals surface area contributed by atoms with Gasteiger partial charge in [-0.25, -0.2) is 14.2 Å². The van der Waals surface area contributed by atoms with Crippen molar-refractivity contribution in [2.24, 2.45) is 5.73 Å². The Bertz CT molecular complexity index is 785. The first-order valence-corrected chi connectivity index (χ1v) is 8.58. The summed E-state index contributed by atoms with van der Waals surface area (Å²) < 4.78 is 19.6. The number of hydrogen-bond donors (Lipinski definition) is 2. The Morgan fingerprint density at radius 1 is 1.23 bits per heavy atom. The minimum absolute atomic E-state index is 0.0862. The molecule has 0 bridgehead atoms. The fourth-order valence-electron chi connectivity index (χ4n) is 2.56. The maximum Gasteiger partial charge on any atom is 0.413 e. The molecule has 140 valence electrons. The smallest absolute Gasteiger partial charge is 0.413 e. The van der Waals surface area contributed by atoms with E-state index < -0.39 is 17.7 Å². The number of rotatable bonds is 4. The number of pyridine rings is 1. The fourth-order valence-corrected chi connectivity index (χ4v) is 2.56. The molecule has 0 saturated heterocycles. The lowest BCUT2D eigenvalue weighted by Gasteiger charge is -2.21. The van der Waals surface area contributed by atoms with Crippen molar-refractivity contribution in [3.8, 4) is 0 Å². The molecule has 0 spiro atoms. The van der Waals surface area contributed by atoms with Crippen LogP contribution in [-0.4, -0.2) is 16.7 Å². The van der Waals surface area contributed by atoms with Crippen LogP contribution in [0.2, 0.25) is 0 Å². The van der Waals surface area contributed by atoms with Crippen molar-refractivity contribution in [1.29, 1.82) is 0 Å². The normalized spacial score (nSPS) is 12.8. The van der Waals surface area contributed by atoms with E-state index >= 15 is 0 Å². The van der Waals surface area contributed by atoms with E-state index in [9.17, 15) is 9.18 Å². The Morgan fingerprint density at radius 3 is 2.50 bits per heavy atom. The van der Waals surface area contributed by atoms with E-state index in [-0.39, 0.29) is 11.7 Å². The van der Waals surface area contributed by atoms with Gasteiger partial charge in [0.25, 0.3) is 0 Å². The molecule has 3 N–H and O–H groups in total. The molecule has 0 saturated carbocycles. The van der Waals surface area contributed by atoms with Gasteiger partial charge in [0.05, 0.1) is 6.04 Å². The summed E-state index contributed by atoms with van der Waals surface area (Å²) in [6.07, 6.45) is 0.928. The molecule has 1 amide bonds. The number of anilines is 1. The van der Waals surface area contributed by atoms with E-state index in [1.165, 1.54) is 6.07 Å². The number of amides is 1. The monoisotopic (exact) mass is 359 g/mol. The number of halogens is 1. The maximum absolute atomic E-state index is 14.3. The first kappa shape index (κ1) is 19.8. The number of aromatic nitrogens is 1. The number of ether oxygens (including phenoxy) is 1. The van der Waals surface area contributed by atoms with Crippen molar-refractivity contribution in [3.63, 3.8) is 0 Å². The van der Waals surface area contributed by atoms with Crippen molar-refractivity contribution >= 4 is 11.9 Å². The van der Waals surface area contributed by atoms with E-state index in [0.717, 1.165) is 0 Å². The fraction of sp³-hybridized carbons (Fsp3) is 0.400. The predicted molar refractivity (Wildman–Crippen MR) is 101 cm³/mol. The van der Waals surface area contributed by atoms with Gasteiger partial charge in [0, 0.05) is 11.8 Å². The van der Waals surface area contributed by atoms with Crippen LogP contribution < -0.4 is 11.1 Å². The molecule has 1 unspecified atom stereocenters. The third-order valence-corrected chi connectivity index (χ3v) is 3.80. The van der Waals surface area contributed by atoms with Crippen LogP contribution in [0.4, 0.5) is 15.0 Å². The van der Waals surface area contributed by atoms with Gasteiger partial charge >= 0.3 is 6.09 Å². The largest absolute Gasteiger partial charge is 0.444 e. The second kappa shape index (κ2) is 7.83. The van der Waals surface area contributed by atoms with Crippen molar-refractivity contribution < 1.29 is 13.9 Å². The quantitative estimate of drug-likeness (QED) is 0.826. The van der Waals surface area contributed by atoms with Crippen LogP contribution >= 0.6 is 0 Å². The molecule has 6 heteroatoms. The summed E-state index contributed by atoms with van der Waals surface area (Å²) in [6, 6.07) is 7.81. The van der Waals surface area contributed by atoms with Gasteiger partial charge in [-0.15, -0.1) is 0 Å². The van der Waals surface area contributed by atoms with Crippen LogP contribution in [0.15, 0.2) is 36.5 Å². The molecule has 0 fully saturated rings. The third-order valence-electron chi connectivity index (χ3n) is 3.80. The summed E-state index contributed by atoms with van der Waals surface area (Å²) in [6.45, 7) is 9.19. The SMILES string of the molecule is CC(C)c1ccc(C(N)c2cccnc2NC(=O)OC(C)(C)C)cc1F. The number of nitrogens with one attached hydrogen (secondary N) is 1. The molecule has 5 nitrogen and oxygen atoms in total. The van der Waals surface area contributed by atoms with E-state index in [4.69, 9.17) is 10.5 Å². The zero-order chi connectivity index (χ0) is 19.5. The lowest BCUT2D eigenvalue weighted by molar-refractivity contribution is 0.0635. The van der Waals surface area contributed by atoms with Crippen LogP contribution in [0.25, 0.3) is 0 Å². The highest BCUT2D eigenvalue weighted by molar-refractivity contribution is 5.84. The average Bonchev–Trinajstić information content (AvgIpc) is 2.52. The number of carbonyl (C=O) groups is 1. The Hall–Kier alpha value is -2.47. The molecule has 2 aromatic rings. The van der Waals surface area contributed by atoms with Crippen molar-refractivity contribution in [2.45, 2.75) is 52.2 Å². The minimum atomic E-state index is -0.635. The van der Waals surface area contributed by atoms with Gasteiger partial charge in [-0.2, -0.15) is 0 Å². The van der Waals surface area contributed by atoms with Gasteiger partial charge in [0.15, 0.2) is 0 Å². The predicted octanol–water partition coefficient (Wildman–Crippen LogP) is 4.74. The van der Waals surface area contributed by atoms with E-state index in [0.29, 0.717) is 22.5 Å². The van der Waals surface area contributed by atoms with E-state index in [2.05, 4.69) is 10.3 Å². The second-order valence-electron chi connectivity index (χ2n) is 7.48. The summed E-state index contributed by atoms with van der Waals surface area (Å²) in [4.78, 5) is 16.2. The van der Waals surface area contributed by atoms with Crippen molar-refractivity contribution in [3.05, 3.63) is 59.0 Å². The molecule has 26 heavy (non-hydrogen) atoms. The third kappa shape index (κ3) is 5.02. The average molecular weight is 359 g/mol. The number of nitrogens with two attached hydrogens (primary N) is 1. The summed E-state index contributed by atoms with van der Waals surface area (Å²) in [5.74, 6) is 0.0872. The molecule has 0 radical (unpaired) electrons. The van der Waals surface area contributed by atoms with Crippen LogP contribution in [0.5, 0.6) is 0 Å². The standard InChI is InChI=1S/C20H26FN3O2/c1-12(2)14-9-8-13(11-16(14)21)17(22)15-7-6-10-23-18(15)24-19(25)26-20(3,4)5/h6-12,17H,22H2,1-5H3,(H,23,24,25). The number of carbonyl (C=O) groups excluding carboxylic acids is 1. The van der Waals surface area contributed by atoms with E-state index in [1.54, 1.807) is 51.2 Å². The second-order valence-corrected chi connectivity index (χ2v) is 7.48. The highest BCUT2D eigenvalue weighted by atomic mass is 19.1. The first-order chi connectivity index (χ1) is 12.1. The van der Waals surface area contributed by atoms with Gasteiger partial charge in [-0.05, 0) is 49.9 Å². The maximum atomic E-state index is 14.3. The highest BCUT2D eigenvalue weighted by Crippen LogP contribution is 2.28.